The highest BCUT2D eigenvalue weighted by Crippen LogP contribution is 2.30. The number of morpholine rings is 1. The van der Waals surface area contributed by atoms with Gasteiger partial charge >= 0.3 is 0 Å². The van der Waals surface area contributed by atoms with Gasteiger partial charge in [0.2, 0.25) is 5.91 Å². The molecular weight excluding hydrogens is 383 g/mol. The number of carbonyl (C=O) groups is 1. The van der Waals surface area contributed by atoms with Gasteiger partial charge in [0.15, 0.2) is 0 Å². The minimum absolute atomic E-state index is 0.0315. The summed E-state index contributed by atoms with van der Waals surface area (Å²) in [5.41, 5.74) is 1.14. The molecule has 1 aromatic rings. The minimum Gasteiger partial charge on any atom is -0.374 e. The first-order valence-corrected chi connectivity index (χ1v) is 10.8. The lowest BCUT2D eigenvalue weighted by atomic mass is 9.80. The molecule has 1 saturated carbocycles. The van der Waals surface area contributed by atoms with Crippen molar-refractivity contribution in [3.05, 3.63) is 33.8 Å². The summed E-state index contributed by atoms with van der Waals surface area (Å²) in [5, 5.41) is 4.29. The summed E-state index contributed by atoms with van der Waals surface area (Å²) in [6, 6.07) is 5.76. The van der Waals surface area contributed by atoms with E-state index in [0.29, 0.717) is 29.1 Å². The van der Waals surface area contributed by atoms with Gasteiger partial charge in [0, 0.05) is 32.1 Å². The van der Waals surface area contributed by atoms with Crippen molar-refractivity contribution >= 4 is 29.1 Å². The second-order valence-corrected chi connectivity index (χ2v) is 8.72. The van der Waals surface area contributed by atoms with Gasteiger partial charge in [0.25, 0.3) is 0 Å². The fourth-order valence-electron chi connectivity index (χ4n) is 4.17. The lowest BCUT2D eigenvalue weighted by Crippen LogP contribution is -2.48. The smallest absolute Gasteiger partial charge is 0.223 e. The summed E-state index contributed by atoms with van der Waals surface area (Å²) < 4.78 is 5.86. The highest BCUT2D eigenvalue weighted by Gasteiger charge is 2.27. The van der Waals surface area contributed by atoms with E-state index in [2.05, 4.69) is 17.1 Å². The molecule has 0 radical (unpaired) electrons. The van der Waals surface area contributed by atoms with Crippen molar-refractivity contribution in [3.8, 4) is 0 Å². The van der Waals surface area contributed by atoms with Gasteiger partial charge < -0.3 is 10.1 Å². The van der Waals surface area contributed by atoms with Crippen LogP contribution in [0.3, 0.4) is 0 Å². The average Bonchev–Trinajstić information content (AvgIpc) is 2.69. The number of nitrogens with one attached hydrogen (secondary N) is 1. The van der Waals surface area contributed by atoms with Crippen molar-refractivity contribution in [1.82, 2.24) is 10.2 Å². The zero-order valence-corrected chi connectivity index (χ0v) is 17.6. The Kier molecular flexibility index (Phi) is 7.83. The van der Waals surface area contributed by atoms with Gasteiger partial charge in [0.05, 0.1) is 22.8 Å². The molecule has 2 unspecified atom stereocenters. The molecule has 1 heterocycles. The number of hydrogen-bond donors (Lipinski definition) is 1. The van der Waals surface area contributed by atoms with Gasteiger partial charge in [-0.2, -0.15) is 0 Å². The summed E-state index contributed by atoms with van der Waals surface area (Å²) in [7, 11) is 0. The molecule has 6 heteroatoms. The van der Waals surface area contributed by atoms with Gasteiger partial charge in [-0.1, -0.05) is 55.5 Å². The summed E-state index contributed by atoms with van der Waals surface area (Å²) >= 11 is 12.1. The molecule has 0 bridgehead atoms. The van der Waals surface area contributed by atoms with E-state index in [4.69, 9.17) is 27.9 Å². The molecule has 4 nitrogen and oxygen atoms in total. The quantitative estimate of drug-likeness (QED) is 0.745. The molecular formula is C21H30Cl2N2O2. The largest absolute Gasteiger partial charge is 0.374 e. The predicted molar refractivity (Wildman–Crippen MR) is 110 cm³/mol. The third-order valence-electron chi connectivity index (χ3n) is 5.89. The van der Waals surface area contributed by atoms with E-state index in [1.165, 1.54) is 32.1 Å². The SMILES string of the molecule is CC(C(=O)NCC1CN(Cc2ccc(Cl)c(Cl)c2)CCO1)C1CCCCC1. The first-order valence-electron chi connectivity index (χ1n) is 10.1. The molecule has 2 atom stereocenters. The van der Waals surface area contributed by atoms with E-state index in [-0.39, 0.29) is 17.9 Å². The Morgan fingerprint density at radius 3 is 2.78 bits per heavy atom. The van der Waals surface area contributed by atoms with Crippen molar-refractivity contribution in [2.45, 2.75) is 51.7 Å². The number of rotatable bonds is 6. The van der Waals surface area contributed by atoms with Crippen LogP contribution in [0.5, 0.6) is 0 Å². The average molecular weight is 413 g/mol. The fraction of sp³-hybridized carbons (Fsp3) is 0.667. The van der Waals surface area contributed by atoms with Crippen LogP contribution in [0.2, 0.25) is 10.0 Å². The van der Waals surface area contributed by atoms with Crippen LogP contribution in [0.1, 0.15) is 44.6 Å². The lowest BCUT2D eigenvalue weighted by Gasteiger charge is -2.33. The molecule has 1 N–H and O–H groups in total. The Morgan fingerprint density at radius 2 is 2.04 bits per heavy atom. The van der Waals surface area contributed by atoms with Crippen molar-refractivity contribution < 1.29 is 9.53 Å². The van der Waals surface area contributed by atoms with Crippen molar-refractivity contribution in [2.24, 2.45) is 11.8 Å². The van der Waals surface area contributed by atoms with Gasteiger partial charge in [-0.25, -0.2) is 0 Å². The maximum Gasteiger partial charge on any atom is 0.223 e. The van der Waals surface area contributed by atoms with E-state index in [0.717, 1.165) is 25.2 Å². The van der Waals surface area contributed by atoms with E-state index in [1.807, 2.05) is 18.2 Å². The molecule has 0 aromatic heterocycles. The number of nitrogens with zero attached hydrogens (tertiary/aromatic N) is 1. The topological polar surface area (TPSA) is 41.6 Å². The van der Waals surface area contributed by atoms with Crippen LogP contribution >= 0.6 is 23.2 Å². The van der Waals surface area contributed by atoms with Crippen LogP contribution in [0, 0.1) is 11.8 Å². The summed E-state index contributed by atoms with van der Waals surface area (Å²) in [4.78, 5) is 14.9. The van der Waals surface area contributed by atoms with E-state index < -0.39 is 0 Å². The van der Waals surface area contributed by atoms with Gasteiger partial charge in [-0.15, -0.1) is 0 Å². The molecule has 27 heavy (non-hydrogen) atoms. The second-order valence-electron chi connectivity index (χ2n) is 7.91. The van der Waals surface area contributed by atoms with Gasteiger partial charge in [0.1, 0.15) is 0 Å². The highest BCUT2D eigenvalue weighted by molar-refractivity contribution is 6.42. The molecule has 3 rings (SSSR count). The van der Waals surface area contributed by atoms with Crippen LogP contribution in [0.25, 0.3) is 0 Å². The van der Waals surface area contributed by atoms with E-state index in [9.17, 15) is 4.79 Å². The zero-order chi connectivity index (χ0) is 19.2. The second kappa shape index (κ2) is 10.1. The lowest BCUT2D eigenvalue weighted by molar-refractivity contribution is -0.127. The third-order valence-corrected chi connectivity index (χ3v) is 6.63. The van der Waals surface area contributed by atoms with Crippen molar-refractivity contribution in [2.75, 3.05) is 26.2 Å². The van der Waals surface area contributed by atoms with Crippen LogP contribution < -0.4 is 5.32 Å². The predicted octanol–water partition coefficient (Wildman–Crippen LogP) is 4.53. The molecule has 1 aromatic carbocycles. The number of ether oxygens (including phenoxy) is 1. The summed E-state index contributed by atoms with van der Waals surface area (Å²) in [6.07, 6.45) is 6.24. The van der Waals surface area contributed by atoms with Crippen LogP contribution in [-0.4, -0.2) is 43.2 Å². The number of amides is 1. The zero-order valence-electron chi connectivity index (χ0n) is 16.1. The molecule has 0 spiro atoms. The fourth-order valence-corrected chi connectivity index (χ4v) is 4.49. The summed E-state index contributed by atoms with van der Waals surface area (Å²) in [5.74, 6) is 0.811. The van der Waals surface area contributed by atoms with Crippen LogP contribution in [0.15, 0.2) is 18.2 Å². The molecule has 2 fully saturated rings. The number of hydrogen-bond acceptors (Lipinski definition) is 3. The monoisotopic (exact) mass is 412 g/mol. The number of halogens is 2. The number of benzene rings is 1. The maximum atomic E-state index is 12.5. The number of carbonyl (C=O) groups excluding carboxylic acids is 1. The minimum atomic E-state index is 0.0315. The first-order chi connectivity index (χ1) is 13.0. The Morgan fingerprint density at radius 1 is 1.26 bits per heavy atom. The molecule has 1 aliphatic carbocycles. The first kappa shape index (κ1) is 20.9. The van der Waals surface area contributed by atoms with E-state index >= 15 is 0 Å². The highest BCUT2D eigenvalue weighted by atomic mass is 35.5. The van der Waals surface area contributed by atoms with Gasteiger partial charge in [-0.05, 0) is 36.5 Å². The standard InChI is InChI=1S/C21H30Cl2N2O2/c1-15(17-5-3-2-4-6-17)21(26)24-12-18-14-25(9-10-27-18)13-16-7-8-19(22)20(23)11-16/h7-8,11,15,17-18H,2-6,9-10,12-14H2,1H3,(H,24,26). The van der Waals surface area contributed by atoms with Crippen molar-refractivity contribution in [1.29, 1.82) is 0 Å². The maximum absolute atomic E-state index is 12.5. The Balaban J connectivity index is 1.45. The Hall–Kier alpha value is -0.810. The van der Waals surface area contributed by atoms with Crippen molar-refractivity contribution in [3.63, 3.8) is 0 Å². The molecule has 150 valence electrons. The Labute approximate surface area is 172 Å². The van der Waals surface area contributed by atoms with Crippen LogP contribution in [-0.2, 0) is 16.1 Å². The molecule has 1 amide bonds. The van der Waals surface area contributed by atoms with Gasteiger partial charge in [-0.3, -0.25) is 9.69 Å². The Bertz CT molecular complexity index is 635. The molecule has 2 aliphatic rings. The third kappa shape index (κ3) is 6.08. The normalized spacial score (nSPS) is 23.1. The van der Waals surface area contributed by atoms with E-state index in [1.54, 1.807) is 0 Å². The molecule has 1 aliphatic heterocycles. The molecule has 1 saturated heterocycles. The summed E-state index contributed by atoms with van der Waals surface area (Å²) in [6.45, 7) is 5.82. The van der Waals surface area contributed by atoms with Crippen LogP contribution in [0.4, 0.5) is 0 Å².